The van der Waals surface area contributed by atoms with Crippen LogP contribution in [0.3, 0.4) is 0 Å². The number of benzene rings is 1. The summed E-state index contributed by atoms with van der Waals surface area (Å²) >= 11 is 0. The summed E-state index contributed by atoms with van der Waals surface area (Å²) in [5, 5.41) is 0. The lowest BCUT2D eigenvalue weighted by atomic mass is 10.1. The van der Waals surface area contributed by atoms with Crippen molar-refractivity contribution in [2.24, 2.45) is 0 Å². The normalized spacial score (nSPS) is 12.8. The predicted octanol–water partition coefficient (Wildman–Crippen LogP) is 2.86. The Bertz CT molecular complexity index is 809. The van der Waals surface area contributed by atoms with Gasteiger partial charge in [-0.2, -0.15) is 0 Å². The Hall–Kier alpha value is -2.01. The summed E-state index contributed by atoms with van der Waals surface area (Å²) in [5.74, 6) is 0.648. The molecule has 0 aliphatic carbocycles. The van der Waals surface area contributed by atoms with E-state index in [0.717, 1.165) is 22.3 Å². The Labute approximate surface area is 120 Å². The molecule has 1 unspecified atom stereocenters. The molecule has 0 bridgehead atoms. The highest BCUT2D eigenvalue weighted by atomic mass is 32.2. The van der Waals surface area contributed by atoms with Crippen LogP contribution in [0, 0.1) is 13.8 Å². The average Bonchev–Trinajstić information content (AvgIpc) is 2.84. The molecule has 0 radical (unpaired) electrons. The van der Waals surface area contributed by atoms with Crippen molar-refractivity contribution in [3.63, 3.8) is 0 Å². The van der Waals surface area contributed by atoms with Crippen molar-refractivity contribution in [3.05, 3.63) is 47.7 Å². The zero-order chi connectivity index (χ0) is 14.3. The molecule has 102 valence electrons. The second kappa shape index (κ2) is 4.83. The number of hydrogen-bond acceptors (Lipinski definition) is 3. The van der Waals surface area contributed by atoms with Crippen LogP contribution < -0.4 is 0 Å². The molecule has 0 N–H and O–H groups in total. The first kappa shape index (κ1) is 13.0. The van der Waals surface area contributed by atoms with E-state index in [9.17, 15) is 4.21 Å². The Morgan fingerprint density at radius 3 is 2.60 bits per heavy atom. The molecular weight excluding hydrogens is 270 g/mol. The van der Waals surface area contributed by atoms with Gasteiger partial charge in [0.25, 0.3) is 0 Å². The molecule has 1 atom stereocenters. The van der Waals surface area contributed by atoms with Gasteiger partial charge in [-0.25, -0.2) is 13.2 Å². The summed E-state index contributed by atoms with van der Waals surface area (Å²) < 4.78 is 13.9. The van der Waals surface area contributed by atoms with Crippen molar-refractivity contribution in [3.8, 4) is 11.5 Å². The lowest BCUT2D eigenvalue weighted by molar-refractivity contribution is 0.682. The minimum atomic E-state index is -1.19. The van der Waals surface area contributed by atoms with E-state index in [1.165, 1.54) is 5.56 Å². The van der Waals surface area contributed by atoms with Crippen molar-refractivity contribution < 1.29 is 4.21 Å². The van der Waals surface area contributed by atoms with Gasteiger partial charge in [0.2, 0.25) is 0 Å². The van der Waals surface area contributed by atoms with Crippen molar-refractivity contribution >= 4 is 22.0 Å². The summed E-state index contributed by atoms with van der Waals surface area (Å²) in [7, 11) is -1.19. The molecule has 0 aliphatic rings. The average molecular weight is 285 g/mol. The van der Waals surface area contributed by atoms with Crippen LogP contribution in [0.25, 0.3) is 22.6 Å². The first-order chi connectivity index (χ1) is 9.59. The largest absolute Gasteiger partial charge is 0.253 e. The topological polar surface area (TPSA) is 47.8 Å². The second-order valence-corrected chi connectivity index (χ2v) is 5.96. The van der Waals surface area contributed by atoms with Crippen LogP contribution in [0.5, 0.6) is 0 Å². The van der Waals surface area contributed by atoms with E-state index < -0.39 is 11.0 Å². The van der Waals surface area contributed by atoms with E-state index in [2.05, 4.69) is 16.9 Å². The molecule has 0 aliphatic heterocycles. The maximum atomic E-state index is 12.1. The summed E-state index contributed by atoms with van der Waals surface area (Å²) in [6, 6.07) is 9.65. The summed E-state index contributed by atoms with van der Waals surface area (Å²) in [6.07, 6.45) is 3.37. The molecule has 0 spiro atoms. The van der Waals surface area contributed by atoms with Crippen LogP contribution in [-0.2, 0) is 11.0 Å². The van der Waals surface area contributed by atoms with Gasteiger partial charge in [-0.05, 0) is 43.2 Å². The van der Waals surface area contributed by atoms with Gasteiger partial charge in [-0.3, -0.25) is 4.98 Å². The van der Waals surface area contributed by atoms with Crippen molar-refractivity contribution in [2.45, 2.75) is 13.8 Å². The van der Waals surface area contributed by atoms with Gasteiger partial charge in [0.15, 0.2) is 5.82 Å². The lowest BCUT2D eigenvalue weighted by Gasteiger charge is -2.05. The second-order valence-electron chi connectivity index (χ2n) is 4.74. The molecule has 1 aromatic carbocycles. The molecule has 3 aromatic rings. The van der Waals surface area contributed by atoms with Crippen LogP contribution in [0.2, 0.25) is 0 Å². The minimum Gasteiger partial charge on any atom is -0.253 e. The van der Waals surface area contributed by atoms with E-state index in [1.807, 2.05) is 37.3 Å². The Kier molecular flexibility index (Phi) is 3.14. The van der Waals surface area contributed by atoms with E-state index in [1.54, 1.807) is 16.4 Å². The van der Waals surface area contributed by atoms with Gasteiger partial charge >= 0.3 is 0 Å². The third-order valence-corrected chi connectivity index (χ3v) is 4.34. The van der Waals surface area contributed by atoms with Crippen LogP contribution >= 0.6 is 0 Å². The summed E-state index contributed by atoms with van der Waals surface area (Å²) in [4.78, 5) is 8.99. The molecule has 0 amide bonds. The Morgan fingerprint density at radius 2 is 1.95 bits per heavy atom. The monoisotopic (exact) mass is 285 g/mol. The maximum Gasteiger partial charge on any atom is 0.171 e. The quantitative estimate of drug-likeness (QED) is 0.727. The molecule has 0 saturated carbocycles. The zero-order valence-electron chi connectivity index (χ0n) is 11.6. The molecule has 0 fully saturated rings. The number of pyridine rings is 1. The van der Waals surface area contributed by atoms with Crippen LogP contribution in [0.1, 0.15) is 11.1 Å². The third-order valence-electron chi connectivity index (χ3n) is 3.46. The van der Waals surface area contributed by atoms with Crippen molar-refractivity contribution in [1.29, 1.82) is 0 Å². The number of rotatable bonds is 2. The van der Waals surface area contributed by atoms with E-state index >= 15 is 0 Å². The van der Waals surface area contributed by atoms with Gasteiger partial charge < -0.3 is 0 Å². The number of aryl methyl sites for hydroxylation is 2. The Balaban J connectivity index is 2.41. The first-order valence-corrected chi connectivity index (χ1v) is 7.85. The van der Waals surface area contributed by atoms with Gasteiger partial charge in [0.05, 0.1) is 11.0 Å². The molecule has 2 heterocycles. The molecule has 5 heteroatoms. The number of nitrogens with zero attached hydrogens (tertiary/aromatic N) is 3. The van der Waals surface area contributed by atoms with Crippen molar-refractivity contribution in [2.75, 3.05) is 6.26 Å². The predicted molar refractivity (Wildman–Crippen MR) is 81.9 cm³/mol. The standard InChI is InChI=1S/C15H15N3OS/c1-10-7-8-13-14(11(10)2)17-15(18(13)20(3)19)12-6-4-5-9-16-12/h4-9H,1-3H3. The van der Waals surface area contributed by atoms with E-state index in [-0.39, 0.29) is 0 Å². The fourth-order valence-electron chi connectivity index (χ4n) is 2.27. The lowest BCUT2D eigenvalue weighted by Crippen LogP contribution is -2.04. The van der Waals surface area contributed by atoms with Crippen LogP contribution in [-0.4, -0.2) is 24.4 Å². The molecule has 20 heavy (non-hydrogen) atoms. The SMILES string of the molecule is Cc1ccc2c(nc(-c3ccccn3)n2S(C)=O)c1C. The molecule has 3 rings (SSSR count). The number of imidazole rings is 1. The van der Waals surface area contributed by atoms with Crippen LogP contribution in [0.15, 0.2) is 36.5 Å². The minimum absolute atomic E-state index is 0.648. The molecule has 0 saturated heterocycles. The van der Waals surface area contributed by atoms with E-state index in [4.69, 9.17) is 0 Å². The van der Waals surface area contributed by atoms with Gasteiger partial charge in [0, 0.05) is 12.5 Å². The fourth-order valence-corrected chi connectivity index (χ4v) is 3.08. The smallest absolute Gasteiger partial charge is 0.171 e. The summed E-state index contributed by atoms with van der Waals surface area (Å²) in [6.45, 7) is 4.09. The first-order valence-electron chi connectivity index (χ1n) is 6.33. The van der Waals surface area contributed by atoms with Crippen LogP contribution in [0.4, 0.5) is 0 Å². The number of hydrogen-bond donors (Lipinski definition) is 0. The highest BCUT2D eigenvalue weighted by Gasteiger charge is 2.17. The van der Waals surface area contributed by atoms with Gasteiger partial charge in [0.1, 0.15) is 16.7 Å². The highest BCUT2D eigenvalue weighted by molar-refractivity contribution is 7.83. The van der Waals surface area contributed by atoms with Crippen molar-refractivity contribution in [1.82, 2.24) is 13.9 Å². The third kappa shape index (κ3) is 1.94. The van der Waals surface area contributed by atoms with Gasteiger partial charge in [-0.15, -0.1) is 0 Å². The molecule has 4 nitrogen and oxygen atoms in total. The fraction of sp³-hybridized carbons (Fsp3) is 0.200. The molecule has 2 aromatic heterocycles. The number of aromatic nitrogens is 3. The Morgan fingerprint density at radius 1 is 1.15 bits per heavy atom. The zero-order valence-corrected chi connectivity index (χ0v) is 12.4. The highest BCUT2D eigenvalue weighted by Crippen LogP contribution is 2.27. The van der Waals surface area contributed by atoms with Gasteiger partial charge in [-0.1, -0.05) is 12.1 Å². The molecular formula is C15H15N3OS. The maximum absolute atomic E-state index is 12.1. The van der Waals surface area contributed by atoms with E-state index in [0.29, 0.717) is 5.82 Å². The number of fused-ring (bicyclic) bond motifs is 1. The summed E-state index contributed by atoms with van der Waals surface area (Å²) in [5.41, 5.74) is 4.80.